The van der Waals surface area contributed by atoms with Gasteiger partial charge in [0.15, 0.2) is 5.78 Å². The Labute approximate surface area is 152 Å². The Morgan fingerprint density at radius 3 is 2.73 bits per heavy atom. The van der Waals surface area contributed by atoms with Gasteiger partial charge in [-0.3, -0.25) is 14.8 Å². The van der Waals surface area contributed by atoms with Crippen molar-refractivity contribution in [1.29, 1.82) is 0 Å². The summed E-state index contributed by atoms with van der Waals surface area (Å²) in [6.07, 6.45) is 5.37. The Morgan fingerprint density at radius 1 is 1.12 bits per heavy atom. The van der Waals surface area contributed by atoms with Crippen LogP contribution in [0, 0.1) is 13.8 Å². The van der Waals surface area contributed by atoms with Crippen molar-refractivity contribution in [2.24, 2.45) is 0 Å². The highest BCUT2D eigenvalue weighted by atomic mass is 16.1. The summed E-state index contributed by atoms with van der Waals surface area (Å²) in [7, 11) is 0. The van der Waals surface area contributed by atoms with Crippen molar-refractivity contribution in [1.82, 2.24) is 15.0 Å². The SMILES string of the molecule is Cc1cnc(C(=O)Cc2ccnc(CNc3cccnc3N)c2)c(C)c1. The molecule has 0 spiro atoms. The Hall–Kier alpha value is -3.28. The molecule has 0 aliphatic rings. The molecule has 0 saturated carbocycles. The van der Waals surface area contributed by atoms with E-state index in [1.165, 1.54) is 0 Å². The van der Waals surface area contributed by atoms with Gasteiger partial charge in [0.05, 0.1) is 17.9 Å². The number of hydrogen-bond acceptors (Lipinski definition) is 6. The van der Waals surface area contributed by atoms with E-state index in [1.54, 1.807) is 18.6 Å². The summed E-state index contributed by atoms with van der Waals surface area (Å²) in [5.41, 5.74) is 10.8. The first-order valence-electron chi connectivity index (χ1n) is 8.37. The number of nitrogen functional groups attached to an aromatic ring is 1. The van der Waals surface area contributed by atoms with Gasteiger partial charge in [0.25, 0.3) is 0 Å². The van der Waals surface area contributed by atoms with Crippen molar-refractivity contribution >= 4 is 17.3 Å². The summed E-state index contributed by atoms with van der Waals surface area (Å²) in [6, 6.07) is 9.42. The zero-order valence-corrected chi connectivity index (χ0v) is 14.9. The fraction of sp³-hybridized carbons (Fsp3) is 0.200. The second-order valence-corrected chi connectivity index (χ2v) is 6.22. The number of Topliss-reactive ketones (excluding diaryl/α,β-unsaturated/α-hetero) is 1. The Kier molecular flexibility index (Phi) is 5.22. The molecule has 0 aliphatic heterocycles. The Morgan fingerprint density at radius 2 is 1.96 bits per heavy atom. The minimum absolute atomic E-state index is 0.00381. The summed E-state index contributed by atoms with van der Waals surface area (Å²) in [5, 5.41) is 3.21. The quantitative estimate of drug-likeness (QED) is 0.666. The molecule has 132 valence electrons. The highest BCUT2D eigenvalue weighted by molar-refractivity contribution is 5.97. The zero-order chi connectivity index (χ0) is 18.5. The van der Waals surface area contributed by atoms with Crippen molar-refractivity contribution in [3.8, 4) is 0 Å². The molecule has 6 heteroatoms. The third kappa shape index (κ3) is 4.22. The van der Waals surface area contributed by atoms with Gasteiger partial charge >= 0.3 is 0 Å². The standard InChI is InChI=1S/C20H21N5O/c1-13-8-14(2)19(25-11-13)18(26)10-15-5-7-22-16(9-15)12-24-17-4-3-6-23-20(17)21/h3-9,11,24H,10,12H2,1-2H3,(H2,21,23). The topological polar surface area (TPSA) is 93.8 Å². The number of nitrogens with zero attached hydrogens (tertiary/aromatic N) is 3. The number of rotatable bonds is 6. The molecule has 3 rings (SSSR count). The lowest BCUT2D eigenvalue weighted by Gasteiger charge is -2.09. The van der Waals surface area contributed by atoms with Crippen LogP contribution in [-0.2, 0) is 13.0 Å². The molecule has 0 fully saturated rings. The molecule has 3 aromatic heterocycles. The van der Waals surface area contributed by atoms with E-state index >= 15 is 0 Å². The van der Waals surface area contributed by atoms with Crippen molar-refractivity contribution in [2.75, 3.05) is 11.1 Å². The maximum absolute atomic E-state index is 12.6. The molecule has 0 amide bonds. The van der Waals surface area contributed by atoms with Crippen molar-refractivity contribution < 1.29 is 4.79 Å². The largest absolute Gasteiger partial charge is 0.382 e. The molecule has 3 aromatic rings. The van der Waals surface area contributed by atoms with Crippen LogP contribution < -0.4 is 11.1 Å². The molecule has 0 saturated heterocycles. The van der Waals surface area contributed by atoms with Crippen LogP contribution in [-0.4, -0.2) is 20.7 Å². The van der Waals surface area contributed by atoms with Crippen LogP contribution in [0.15, 0.2) is 48.9 Å². The molecular formula is C20H21N5O. The number of aromatic nitrogens is 3. The van der Waals surface area contributed by atoms with Crippen molar-refractivity contribution in [3.63, 3.8) is 0 Å². The van der Waals surface area contributed by atoms with Crippen molar-refractivity contribution in [3.05, 3.63) is 77.0 Å². The highest BCUT2D eigenvalue weighted by Crippen LogP contribution is 2.16. The maximum atomic E-state index is 12.6. The van der Waals surface area contributed by atoms with Gasteiger partial charge in [-0.15, -0.1) is 0 Å². The molecule has 3 heterocycles. The van der Waals surface area contributed by atoms with E-state index in [4.69, 9.17) is 5.73 Å². The fourth-order valence-corrected chi connectivity index (χ4v) is 2.76. The van der Waals surface area contributed by atoms with Gasteiger partial charge in [-0.1, -0.05) is 6.07 Å². The van der Waals surface area contributed by atoms with E-state index in [0.29, 0.717) is 24.5 Å². The molecule has 3 N–H and O–H groups in total. The van der Waals surface area contributed by atoms with E-state index in [9.17, 15) is 4.79 Å². The Bertz CT molecular complexity index is 939. The molecule has 0 atom stereocenters. The van der Waals surface area contributed by atoms with Crippen LogP contribution in [0.3, 0.4) is 0 Å². The number of ketones is 1. The van der Waals surface area contributed by atoms with Gasteiger partial charge in [-0.25, -0.2) is 4.98 Å². The van der Waals surface area contributed by atoms with E-state index < -0.39 is 0 Å². The van der Waals surface area contributed by atoms with Crippen LogP contribution >= 0.6 is 0 Å². The summed E-state index contributed by atoms with van der Waals surface area (Å²) >= 11 is 0. The van der Waals surface area contributed by atoms with Crippen LogP contribution in [0.5, 0.6) is 0 Å². The fourth-order valence-electron chi connectivity index (χ4n) is 2.76. The average Bonchev–Trinajstić information content (AvgIpc) is 2.61. The van der Waals surface area contributed by atoms with Gasteiger partial charge in [-0.2, -0.15) is 0 Å². The number of aryl methyl sites for hydroxylation is 2. The van der Waals surface area contributed by atoms with E-state index in [1.807, 2.05) is 44.2 Å². The van der Waals surface area contributed by atoms with E-state index in [0.717, 1.165) is 28.1 Å². The number of carbonyl (C=O) groups is 1. The van der Waals surface area contributed by atoms with Crippen LogP contribution in [0.1, 0.15) is 32.9 Å². The van der Waals surface area contributed by atoms with Gasteiger partial charge in [0.1, 0.15) is 11.5 Å². The third-order valence-corrected chi connectivity index (χ3v) is 4.02. The minimum Gasteiger partial charge on any atom is -0.382 e. The van der Waals surface area contributed by atoms with Gasteiger partial charge < -0.3 is 11.1 Å². The second-order valence-electron chi connectivity index (χ2n) is 6.22. The lowest BCUT2D eigenvalue weighted by atomic mass is 10.0. The summed E-state index contributed by atoms with van der Waals surface area (Å²) in [5.74, 6) is 0.448. The summed E-state index contributed by atoms with van der Waals surface area (Å²) in [4.78, 5) is 25.2. The Balaban J connectivity index is 1.69. The van der Waals surface area contributed by atoms with Gasteiger partial charge in [-0.05, 0) is 54.8 Å². The van der Waals surface area contributed by atoms with E-state index in [-0.39, 0.29) is 5.78 Å². The summed E-state index contributed by atoms with van der Waals surface area (Å²) in [6.45, 7) is 4.37. The number of nitrogens with one attached hydrogen (secondary N) is 1. The first-order valence-corrected chi connectivity index (χ1v) is 8.37. The third-order valence-electron chi connectivity index (χ3n) is 4.02. The molecule has 0 bridgehead atoms. The number of pyridine rings is 3. The predicted octanol–water partition coefficient (Wildman–Crippen LogP) is 3.11. The molecule has 0 aromatic carbocycles. The first kappa shape index (κ1) is 17.5. The van der Waals surface area contributed by atoms with Crippen molar-refractivity contribution in [2.45, 2.75) is 26.8 Å². The van der Waals surface area contributed by atoms with E-state index in [2.05, 4.69) is 20.3 Å². The molecular weight excluding hydrogens is 326 g/mol. The summed E-state index contributed by atoms with van der Waals surface area (Å²) < 4.78 is 0. The van der Waals surface area contributed by atoms with Crippen LogP contribution in [0.4, 0.5) is 11.5 Å². The molecule has 26 heavy (non-hydrogen) atoms. The molecule has 6 nitrogen and oxygen atoms in total. The molecule has 0 radical (unpaired) electrons. The number of hydrogen-bond donors (Lipinski definition) is 2. The number of carbonyl (C=O) groups excluding carboxylic acids is 1. The molecule has 0 unspecified atom stereocenters. The normalized spacial score (nSPS) is 10.5. The lowest BCUT2D eigenvalue weighted by molar-refractivity contribution is 0.0987. The van der Waals surface area contributed by atoms with Gasteiger partial charge in [0.2, 0.25) is 0 Å². The average molecular weight is 347 g/mol. The first-order chi connectivity index (χ1) is 12.5. The smallest absolute Gasteiger partial charge is 0.185 e. The van der Waals surface area contributed by atoms with Gasteiger partial charge in [0, 0.05) is 25.0 Å². The maximum Gasteiger partial charge on any atom is 0.185 e. The van der Waals surface area contributed by atoms with Crippen LogP contribution in [0.2, 0.25) is 0 Å². The minimum atomic E-state index is 0.00381. The predicted molar refractivity (Wildman–Crippen MR) is 102 cm³/mol. The second kappa shape index (κ2) is 7.74. The highest BCUT2D eigenvalue weighted by Gasteiger charge is 2.12. The monoisotopic (exact) mass is 347 g/mol. The number of nitrogens with two attached hydrogens (primary N) is 1. The molecule has 0 aliphatic carbocycles. The lowest BCUT2D eigenvalue weighted by Crippen LogP contribution is -2.10. The van der Waals surface area contributed by atoms with Crippen LogP contribution in [0.25, 0.3) is 0 Å². The number of anilines is 2. The zero-order valence-electron chi connectivity index (χ0n) is 14.9.